The Kier molecular flexibility index (Phi) is 5.69. The molecule has 26 heavy (non-hydrogen) atoms. The first-order valence-electron chi connectivity index (χ1n) is 9.63. The molecule has 2 aliphatic heterocycles. The van der Waals surface area contributed by atoms with E-state index in [2.05, 4.69) is 74.9 Å². The number of hydrogen-bond acceptors (Lipinski definition) is 3. The van der Waals surface area contributed by atoms with Crippen LogP contribution in [0.3, 0.4) is 0 Å². The molecular weight excluding hydrogens is 435 g/mol. The first kappa shape index (κ1) is 18.1. The number of fused-ring (bicyclic) bond motifs is 1. The summed E-state index contributed by atoms with van der Waals surface area (Å²) in [5.74, 6) is 0.940. The zero-order valence-electron chi connectivity index (χ0n) is 15.5. The minimum absolute atomic E-state index is 0.716. The van der Waals surface area contributed by atoms with E-state index in [-0.39, 0.29) is 0 Å². The van der Waals surface area contributed by atoms with Crippen LogP contribution in [0.4, 0.5) is 5.69 Å². The monoisotopic (exact) mass is 462 g/mol. The summed E-state index contributed by atoms with van der Waals surface area (Å²) in [7, 11) is 1.72. The van der Waals surface area contributed by atoms with Gasteiger partial charge in [-0.15, -0.1) is 0 Å². The summed E-state index contributed by atoms with van der Waals surface area (Å²) in [6, 6.07) is 16.2. The highest BCUT2D eigenvalue weighted by atomic mass is 127. The predicted octanol–water partition coefficient (Wildman–Crippen LogP) is 4.37. The van der Waals surface area contributed by atoms with Gasteiger partial charge in [0.15, 0.2) is 0 Å². The molecule has 0 N–H and O–H groups in total. The molecule has 0 atom stereocenters. The van der Waals surface area contributed by atoms with E-state index in [1.54, 1.807) is 12.7 Å². The molecule has 0 bridgehead atoms. The Bertz CT molecular complexity index is 738. The molecule has 2 heterocycles. The van der Waals surface area contributed by atoms with Crippen LogP contribution in [0.5, 0.6) is 5.75 Å². The predicted molar refractivity (Wildman–Crippen MR) is 116 cm³/mol. The van der Waals surface area contributed by atoms with Gasteiger partial charge in [0.25, 0.3) is 0 Å². The zero-order chi connectivity index (χ0) is 17.9. The van der Waals surface area contributed by atoms with Crippen molar-refractivity contribution in [2.75, 3.05) is 38.2 Å². The number of benzene rings is 2. The van der Waals surface area contributed by atoms with Crippen molar-refractivity contribution in [3.8, 4) is 5.75 Å². The summed E-state index contributed by atoms with van der Waals surface area (Å²) in [4.78, 5) is 5.30. The topological polar surface area (TPSA) is 15.7 Å². The first-order chi connectivity index (χ1) is 12.7. The average Bonchev–Trinajstić information content (AvgIpc) is 3.10. The molecule has 1 fully saturated rings. The first-order valence-corrected chi connectivity index (χ1v) is 10.7. The van der Waals surface area contributed by atoms with Crippen LogP contribution in [-0.4, -0.2) is 44.2 Å². The van der Waals surface area contributed by atoms with E-state index in [1.165, 1.54) is 53.7 Å². The second-order valence-electron chi connectivity index (χ2n) is 7.39. The largest absolute Gasteiger partial charge is 0.497 e. The maximum absolute atomic E-state index is 5.24. The van der Waals surface area contributed by atoms with Gasteiger partial charge < -0.3 is 14.5 Å². The molecule has 0 radical (unpaired) electrons. The maximum atomic E-state index is 5.24. The van der Waals surface area contributed by atoms with Gasteiger partial charge in [0.05, 0.1) is 7.11 Å². The molecule has 0 unspecified atom stereocenters. The van der Waals surface area contributed by atoms with Crippen molar-refractivity contribution in [3.05, 3.63) is 57.2 Å². The molecule has 0 saturated carbocycles. The Morgan fingerprint density at radius 2 is 1.81 bits per heavy atom. The van der Waals surface area contributed by atoms with Crippen LogP contribution in [-0.2, 0) is 12.8 Å². The molecule has 0 amide bonds. The molecule has 1 saturated heterocycles. The number of nitrogens with zero attached hydrogens (tertiary/aromatic N) is 2. The van der Waals surface area contributed by atoms with Crippen molar-refractivity contribution >= 4 is 28.3 Å². The van der Waals surface area contributed by atoms with E-state index >= 15 is 0 Å². The summed E-state index contributed by atoms with van der Waals surface area (Å²) in [5.41, 5.74) is 4.43. The fourth-order valence-electron chi connectivity index (χ4n) is 4.31. The van der Waals surface area contributed by atoms with E-state index in [0.29, 0.717) is 6.04 Å². The van der Waals surface area contributed by atoms with E-state index in [1.807, 2.05) is 0 Å². The van der Waals surface area contributed by atoms with Gasteiger partial charge >= 0.3 is 0 Å². The van der Waals surface area contributed by atoms with Gasteiger partial charge in [-0.25, -0.2) is 0 Å². The lowest BCUT2D eigenvalue weighted by molar-refractivity contribution is 0.212. The van der Waals surface area contributed by atoms with Gasteiger partial charge in [-0.3, -0.25) is 0 Å². The number of ether oxygens (including phenoxy) is 1. The number of methoxy groups -OCH3 is 1. The summed E-state index contributed by atoms with van der Waals surface area (Å²) in [6.45, 7) is 4.80. The highest BCUT2D eigenvalue weighted by molar-refractivity contribution is 14.1. The van der Waals surface area contributed by atoms with Gasteiger partial charge in [0.1, 0.15) is 5.75 Å². The average molecular weight is 462 g/mol. The van der Waals surface area contributed by atoms with Gasteiger partial charge in [0.2, 0.25) is 0 Å². The molecule has 0 spiro atoms. The third-order valence-electron chi connectivity index (χ3n) is 5.85. The minimum atomic E-state index is 0.716. The summed E-state index contributed by atoms with van der Waals surface area (Å²) in [6.07, 6.45) is 4.91. The molecule has 2 aromatic rings. The third kappa shape index (κ3) is 4.01. The fourth-order valence-corrected chi connectivity index (χ4v) is 4.86. The van der Waals surface area contributed by atoms with Gasteiger partial charge in [-0.05, 0) is 89.7 Å². The molecule has 4 rings (SSSR count). The third-order valence-corrected chi connectivity index (χ3v) is 6.52. The normalized spacial score (nSPS) is 18.2. The maximum Gasteiger partial charge on any atom is 0.118 e. The molecule has 2 aromatic carbocycles. The van der Waals surface area contributed by atoms with Crippen molar-refractivity contribution in [3.63, 3.8) is 0 Å². The number of anilines is 1. The van der Waals surface area contributed by atoms with Crippen molar-refractivity contribution in [1.29, 1.82) is 0 Å². The van der Waals surface area contributed by atoms with E-state index in [9.17, 15) is 0 Å². The highest BCUT2D eigenvalue weighted by Crippen LogP contribution is 2.33. The smallest absolute Gasteiger partial charge is 0.118 e. The molecule has 2 aliphatic rings. The Hall–Kier alpha value is -1.27. The number of halogens is 1. The lowest BCUT2D eigenvalue weighted by Crippen LogP contribution is -2.44. The number of rotatable bonds is 5. The lowest BCUT2D eigenvalue weighted by atomic mass is 10.0. The fraction of sp³-hybridized carbons (Fsp3) is 0.455. The molecule has 0 aliphatic carbocycles. The second kappa shape index (κ2) is 8.17. The van der Waals surface area contributed by atoms with Crippen LogP contribution < -0.4 is 9.64 Å². The van der Waals surface area contributed by atoms with Crippen LogP contribution in [0.15, 0.2) is 42.5 Å². The van der Waals surface area contributed by atoms with E-state index < -0.39 is 0 Å². The minimum Gasteiger partial charge on any atom is -0.497 e. The van der Waals surface area contributed by atoms with E-state index in [4.69, 9.17) is 4.74 Å². The summed E-state index contributed by atoms with van der Waals surface area (Å²) < 4.78 is 6.60. The Balaban J connectivity index is 1.28. The van der Waals surface area contributed by atoms with Crippen LogP contribution >= 0.6 is 22.6 Å². The highest BCUT2D eigenvalue weighted by Gasteiger charge is 2.29. The zero-order valence-corrected chi connectivity index (χ0v) is 17.6. The lowest BCUT2D eigenvalue weighted by Gasteiger charge is -2.38. The number of likely N-dealkylation sites (tertiary alicyclic amines) is 1. The van der Waals surface area contributed by atoms with Crippen molar-refractivity contribution in [1.82, 2.24) is 4.90 Å². The molecule has 4 heteroatoms. The van der Waals surface area contributed by atoms with Crippen LogP contribution in [0.1, 0.15) is 24.0 Å². The van der Waals surface area contributed by atoms with Crippen LogP contribution in [0.2, 0.25) is 0 Å². The van der Waals surface area contributed by atoms with E-state index in [0.717, 1.165) is 18.7 Å². The summed E-state index contributed by atoms with van der Waals surface area (Å²) >= 11 is 2.42. The summed E-state index contributed by atoms with van der Waals surface area (Å²) in [5, 5.41) is 0. The van der Waals surface area contributed by atoms with Crippen LogP contribution in [0.25, 0.3) is 0 Å². The number of hydrogen-bond donors (Lipinski definition) is 0. The molecular formula is C22H27IN2O. The number of piperidine rings is 1. The SMILES string of the molecule is COc1ccc(CCN2CCC(N3CCc4cc(I)ccc43)CC2)cc1. The Labute approximate surface area is 170 Å². The van der Waals surface area contributed by atoms with Gasteiger partial charge in [-0.1, -0.05) is 12.1 Å². The van der Waals surface area contributed by atoms with Crippen molar-refractivity contribution in [2.24, 2.45) is 0 Å². The molecule has 3 nitrogen and oxygen atoms in total. The Morgan fingerprint density at radius 3 is 2.54 bits per heavy atom. The quantitative estimate of drug-likeness (QED) is 0.614. The van der Waals surface area contributed by atoms with Crippen molar-refractivity contribution < 1.29 is 4.74 Å². The molecule has 138 valence electrons. The van der Waals surface area contributed by atoms with Crippen LogP contribution in [0, 0.1) is 3.57 Å². The van der Waals surface area contributed by atoms with Crippen molar-refractivity contribution in [2.45, 2.75) is 31.7 Å². The molecule has 0 aromatic heterocycles. The standard InChI is InChI=1S/C22H27IN2O/c1-26-21-5-2-17(3-6-21)8-12-24-13-10-20(11-14-24)25-15-9-18-16-19(23)4-7-22(18)25/h2-7,16,20H,8-15H2,1H3. The second-order valence-corrected chi connectivity index (χ2v) is 8.63. The van der Waals surface area contributed by atoms with Gasteiger partial charge in [0, 0.05) is 41.5 Å². The van der Waals surface area contributed by atoms with Gasteiger partial charge in [-0.2, -0.15) is 0 Å². The Morgan fingerprint density at radius 1 is 1.04 bits per heavy atom.